The van der Waals surface area contributed by atoms with Crippen molar-refractivity contribution in [2.24, 2.45) is 11.8 Å². The van der Waals surface area contributed by atoms with Crippen LogP contribution in [0.15, 0.2) is 0 Å². The third-order valence-corrected chi connectivity index (χ3v) is 3.27. The van der Waals surface area contributed by atoms with Crippen LogP contribution in [0.3, 0.4) is 0 Å². The Labute approximate surface area is 83.1 Å². The maximum Gasteiger partial charge on any atom is 0.0241 e. The molecule has 1 radical (unpaired) electrons. The van der Waals surface area contributed by atoms with E-state index < -0.39 is 0 Å². The van der Waals surface area contributed by atoms with Crippen molar-refractivity contribution in [3.63, 3.8) is 0 Å². The molecule has 0 aliphatic heterocycles. The summed E-state index contributed by atoms with van der Waals surface area (Å²) in [6.07, 6.45) is 9.18. The van der Waals surface area contributed by atoms with E-state index in [4.69, 9.17) is 5.73 Å². The molecule has 0 bridgehead atoms. The Balaban J connectivity index is 2.17. The van der Waals surface area contributed by atoms with Crippen molar-refractivity contribution in [1.82, 2.24) is 5.73 Å². The van der Waals surface area contributed by atoms with Gasteiger partial charge < -0.3 is 0 Å². The normalized spacial score (nSPS) is 22.2. The fourth-order valence-electron chi connectivity index (χ4n) is 2.29. The minimum Gasteiger partial charge on any atom is -0.254 e. The second-order valence-electron chi connectivity index (χ2n) is 4.98. The molecule has 0 heterocycles. The van der Waals surface area contributed by atoms with Gasteiger partial charge in [0.1, 0.15) is 0 Å². The van der Waals surface area contributed by atoms with Crippen LogP contribution in [0.5, 0.6) is 0 Å². The zero-order valence-corrected chi connectivity index (χ0v) is 9.18. The lowest BCUT2D eigenvalue weighted by Crippen LogP contribution is -2.24. The van der Waals surface area contributed by atoms with Gasteiger partial charge in [-0.15, -0.1) is 0 Å². The number of hydrogen-bond donors (Lipinski definition) is 0. The second kappa shape index (κ2) is 5.64. The monoisotopic (exact) mass is 182 g/mol. The summed E-state index contributed by atoms with van der Waals surface area (Å²) >= 11 is 0. The molecule has 1 aliphatic carbocycles. The summed E-state index contributed by atoms with van der Waals surface area (Å²) in [5, 5.41) is 0. The van der Waals surface area contributed by atoms with E-state index in [9.17, 15) is 0 Å². The molecule has 1 nitrogen and oxygen atoms in total. The Bertz CT molecular complexity index is 125. The number of hydrogen-bond acceptors (Lipinski definition) is 0. The summed E-state index contributed by atoms with van der Waals surface area (Å²) in [7, 11) is 0. The predicted molar refractivity (Wildman–Crippen MR) is 57.5 cm³/mol. The first-order chi connectivity index (χ1) is 6.20. The van der Waals surface area contributed by atoms with Crippen molar-refractivity contribution in [2.75, 3.05) is 0 Å². The van der Waals surface area contributed by atoms with Gasteiger partial charge >= 0.3 is 0 Å². The minimum absolute atomic E-state index is 0.239. The summed E-state index contributed by atoms with van der Waals surface area (Å²) in [5.41, 5.74) is 8.06. The van der Waals surface area contributed by atoms with Gasteiger partial charge in [0.25, 0.3) is 0 Å². The highest BCUT2D eigenvalue weighted by Crippen LogP contribution is 2.28. The van der Waals surface area contributed by atoms with E-state index in [0.29, 0.717) is 0 Å². The molecule has 1 aliphatic rings. The third kappa shape index (κ3) is 4.12. The first-order valence-corrected chi connectivity index (χ1v) is 5.91. The van der Waals surface area contributed by atoms with Gasteiger partial charge in [0.2, 0.25) is 0 Å². The van der Waals surface area contributed by atoms with Crippen LogP contribution in [-0.4, -0.2) is 6.04 Å². The minimum atomic E-state index is 0.239. The Morgan fingerprint density at radius 1 is 1.08 bits per heavy atom. The summed E-state index contributed by atoms with van der Waals surface area (Å²) in [4.78, 5) is 0. The summed E-state index contributed by atoms with van der Waals surface area (Å²) in [6.45, 7) is 4.52. The smallest absolute Gasteiger partial charge is 0.0241 e. The van der Waals surface area contributed by atoms with Crippen LogP contribution >= 0.6 is 0 Å². The first kappa shape index (κ1) is 11.0. The zero-order chi connectivity index (χ0) is 9.68. The molecule has 77 valence electrons. The van der Waals surface area contributed by atoms with Crippen molar-refractivity contribution < 1.29 is 0 Å². The van der Waals surface area contributed by atoms with Gasteiger partial charge in [0.05, 0.1) is 0 Å². The van der Waals surface area contributed by atoms with Crippen molar-refractivity contribution in [1.29, 1.82) is 0 Å². The fourth-order valence-corrected chi connectivity index (χ4v) is 2.29. The van der Waals surface area contributed by atoms with Crippen molar-refractivity contribution in [3.8, 4) is 0 Å². The zero-order valence-electron chi connectivity index (χ0n) is 9.18. The van der Waals surface area contributed by atoms with E-state index in [-0.39, 0.29) is 6.04 Å². The maximum atomic E-state index is 8.06. The molecule has 1 heteroatoms. The number of rotatable bonds is 4. The van der Waals surface area contributed by atoms with Gasteiger partial charge in [0.15, 0.2) is 0 Å². The van der Waals surface area contributed by atoms with E-state index in [2.05, 4.69) is 13.8 Å². The lowest BCUT2D eigenvalue weighted by Gasteiger charge is -2.27. The van der Waals surface area contributed by atoms with Crippen LogP contribution in [0, 0.1) is 11.8 Å². The van der Waals surface area contributed by atoms with Gasteiger partial charge in [-0.05, 0) is 37.5 Å². The Morgan fingerprint density at radius 3 is 2.23 bits per heavy atom. The van der Waals surface area contributed by atoms with E-state index in [1.165, 1.54) is 38.5 Å². The summed E-state index contributed by atoms with van der Waals surface area (Å²) in [6, 6.07) is 0.239. The van der Waals surface area contributed by atoms with Crippen LogP contribution in [0.25, 0.3) is 0 Å². The third-order valence-electron chi connectivity index (χ3n) is 3.27. The van der Waals surface area contributed by atoms with Gasteiger partial charge in [0, 0.05) is 6.04 Å². The molecule has 1 saturated carbocycles. The Kier molecular flexibility index (Phi) is 4.79. The SMILES string of the molecule is CC(C)CCC([NH])C1CCCCC1. The lowest BCUT2D eigenvalue weighted by atomic mass is 9.82. The fraction of sp³-hybridized carbons (Fsp3) is 1.00. The van der Waals surface area contributed by atoms with E-state index in [1.54, 1.807) is 0 Å². The molecule has 0 aromatic carbocycles. The Morgan fingerprint density at radius 2 is 1.69 bits per heavy atom. The average molecular weight is 182 g/mol. The molecule has 1 fully saturated rings. The van der Waals surface area contributed by atoms with Crippen molar-refractivity contribution in [2.45, 2.75) is 64.8 Å². The van der Waals surface area contributed by atoms with Crippen molar-refractivity contribution in [3.05, 3.63) is 0 Å². The molecule has 0 saturated heterocycles. The highest BCUT2D eigenvalue weighted by Gasteiger charge is 2.20. The average Bonchev–Trinajstić information content (AvgIpc) is 2.15. The molecule has 0 spiro atoms. The van der Waals surface area contributed by atoms with Crippen molar-refractivity contribution >= 4 is 0 Å². The molecule has 1 atom stereocenters. The van der Waals surface area contributed by atoms with E-state index in [1.807, 2.05) is 0 Å². The summed E-state index contributed by atoms with van der Waals surface area (Å²) < 4.78 is 0. The van der Waals surface area contributed by atoms with Gasteiger partial charge in [-0.3, -0.25) is 5.73 Å². The highest BCUT2D eigenvalue weighted by atomic mass is 14.6. The molecular weight excluding hydrogens is 158 g/mol. The summed E-state index contributed by atoms with van der Waals surface area (Å²) in [5.74, 6) is 1.50. The highest BCUT2D eigenvalue weighted by molar-refractivity contribution is 4.76. The Hall–Kier alpha value is -0.0400. The van der Waals surface area contributed by atoms with Gasteiger partial charge in [-0.1, -0.05) is 33.1 Å². The molecule has 0 aromatic heterocycles. The first-order valence-electron chi connectivity index (χ1n) is 5.91. The predicted octanol–water partition coefficient (Wildman–Crippen LogP) is 3.65. The van der Waals surface area contributed by atoms with Crippen LogP contribution < -0.4 is 5.73 Å². The van der Waals surface area contributed by atoms with Crippen LogP contribution in [0.2, 0.25) is 0 Å². The molecule has 1 unspecified atom stereocenters. The molecule has 13 heavy (non-hydrogen) atoms. The molecular formula is C12H24N. The van der Waals surface area contributed by atoms with Crippen LogP contribution in [0.1, 0.15) is 58.8 Å². The largest absolute Gasteiger partial charge is 0.254 e. The van der Waals surface area contributed by atoms with Crippen LogP contribution in [-0.2, 0) is 0 Å². The molecule has 0 amide bonds. The van der Waals surface area contributed by atoms with Gasteiger partial charge in [-0.25, -0.2) is 0 Å². The van der Waals surface area contributed by atoms with Gasteiger partial charge in [-0.2, -0.15) is 0 Å². The molecule has 0 aromatic rings. The van der Waals surface area contributed by atoms with E-state index in [0.717, 1.165) is 18.3 Å². The second-order valence-corrected chi connectivity index (χ2v) is 4.98. The molecule has 1 N–H and O–H groups in total. The van der Waals surface area contributed by atoms with Crippen LogP contribution in [0.4, 0.5) is 0 Å². The quantitative estimate of drug-likeness (QED) is 0.633. The number of nitrogens with one attached hydrogen (secondary N) is 1. The maximum absolute atomic E-state index is 8.06. The topological polar surface area (TPSA) is 23.8 Å². The lowest BCUT2D eigenvalue weighted by molar-refractivity contribution is 0.279. The van der Waals surface area contributed by atoms with E-state index >= 15 is 0 Å². The molecule has 1 rings (SSSR count). The standard InChI is InChI=1S/C12H24N/c1-10(2)8-9-12(13)11-6-4-3-5-7-11/h10-13H,3-9H2,1-2H3.